The molecular formula is C14H30N2. The lowest BCUT2D eigenvalue weighted by molar-refractivity contribution is 0.144. The molecular weight excluding hydrogens is 196 g/mol. The van der Waals surface area contributed by atoms with E-state index in [0.717, 1.165) is 17.9 Å². The third kappa shape index (κ3) is 4.42. The summed E-state index contributed by atoms with van der Waals surface area (Å²) in [6, 6.07) is 0.794. The Kier molecular flexibility index (Phi) is 6.37. The second kappa shape index (κ2) is 7.29. The standard InChI is InChI=1S/C14H30N2/c1-5-14(6-2)16(10-12(3)4)11-13-7-8-15-9-13/h12-15H,5-11H2,1-4H3. The Balaban J connectivity index is 2.47. The Morgan fingerprint density at radius 3 is 2.38 bits per heavy atom. The molecule has 0 radical (unpaired) electrons. The van der Waals surface area contributed by atoms with Crippen molar-refractivity contribution < 1.29 is 0 Å². The van der Waals surface area contributed by atoms with Crippen LogP contribution >= 0.6 is 0 Å². The topological polar surface area (TPSA) is 15.3 Å². The first-order chi connectivity index (χ1) is 7.67. The quantitative estimate of drug-likeness (QED) is 0.718. The van der Waals surface area contributed by atoms with Gasteiger partial charge < -0.3 is 5.32 Å². The van der Waals surface area contributed by atoms with Gasteiger partial charge >= 0.3 is 0 Å². The van der Waals surface area contributed by atoms with Gasteiger partial charge in [-0.1, -0.05) is 27.7 Å². The molecule has 1 heterocycles. The third-order valence-electron chi connectivity index (χ3n) is 3.71. The van der Waals surface area contributed by atoms with Crippen molar-refractivity contribution in [1.82, 2.24) is 10.2 Å². The van der Waals surface area contributed by atoms with Crippen LogP contribution in [0.2, 0.25) is 0 Å². The van der Waals surface area contributed by atoms with Gasteiger partial charge in [-0.2, -0.15) is 0 Å². The molecule has 96 valence electrons. The van der Waals surface area contributed by atoms with E-state index in [2.05, 4.69) is 37.9 Å². The van der Waals surface area contributed by atoms with Gasteiger partial charge in [0.2, 0.25) is 0 Å². The number of hydrogen-bond donors (Lipinski definition) is 1. The molecule has 1 unspecified atom stereocenters. The fraction of sp³-hybridized carbons (Fsp3) is 1.00. The average Bonchev–Trinajstić information content (AvgIpc) is 2.71. The van der Waals surface area contributed by atoms with Crippen LogP contribution in [0.15, 0.2) is 0 Å². The number of hydrogen-bond acceptors (Lipinski definition) is 2. The Morgan fingerprint density at radius 2 is 1.94 bits per heavy atom. The van der Waals surface area contributed by atoms with Gasteiger partial charge in [0.1, 0.15) is 0 Å². The molecule has 0 aliphatic carbocycles. The van der Waals surface area contributed by atoms with Gasteiger partial charge in [0.25, 0.3) is 0 Å². The maximum absolute atomic E-state index is 3.48. The molecule has 1 aliphatic rings. The Bertz CT molecular complexity index is 170. The predicted molar refractivity (Wildman–Crippen MR) is 71.8 cm³/mol. The van der Waals surface area contributed by atoms with E-state index < -0.39 is 0 Å². The first kappa shape index (κ1) is 14.0. The van der Waals surface area contributed by atoms with Crippen molar-refractivity contribution in [1.29, 1.82) is 0 Å². The monoisotopic (exact) mass is 226 g/mol. The minimum atomic E-state index is 0.787. The van der Waals surface area contributed by atoms with E-state index >= 15 is 0 Å². The highest BCUT2D eigenvalue weighted by Gasteiger charge is 2.22. The summed E-state index contributed by atoms with van der Waals surface area (Å²) in [7, 11) is 0. The molecule has 0 aromatic carbocycles. The van der Waals surface area contributed by atoms with Crippen LogP contribution < -0.4 is 5.32 Å². The Labute approximate surface area is 102 Å². The first-order valence-electron chi connectivity index (χ1n) is 7.12. The number of rotatable bonds is 7. The number of nitrogens with zero attached hydrogens (tertiary/aromatic N) is 1. The molecule has 0 aromatic rings. The normalized spacial score (nSPS) is 21.6. The summed E-state index contributed by atoms with van der Waals surface area (Å²) in [5.74, 6) is 1.68. The highest BCUT2D eigenvalue weighted by atomic mass is 15.2. The lowest BCUT2D eigenvalue weighted by Gasteiger charge is -2.33. The highest BCUT2D eigenvalue weighted by molar-refractivity contribution is 4.78. The molecule has 1 N–H and O–H groups in total. The molecule has 0 amide bonds. The molecule has 16 heavy (non-hydrogen) atoms. The molecule has 0 bridgehead atoms. The molecule has 2 nitrogen and oxygen atoms in total. The molecule has 1 aliphatic heterocycles. The summed E-state index contributed by atoms with van der Waals surface area (Å²) in [5.41, 5.74) is 0. The SMILES string of the molecule is CCC(CC)N(CC(C)C)CC1CCNC1. The van der Waals surface area contributed by atoms with E-state index in [1.54, 1.807) is 0 Å². The summed E-state index contributed by atoms with van der Waals surface area (Å²) < 4.78 is 0. The van der Waals surface area contributed by atoms with Crippen molar-refractivity contribution in [3.8, 4) is 0 Å². The van der Waals surface area contributed by atoms with Gasteiger partial charge in [0.05, 0.1) is 0 Å². The van der Waals surface area contributed by atoms with Crippen LogP contribution in [0, 0.1) is 11.8 Å². The van der Waals surface area contributed by atoms with Crippen molar-refractivity contribution in [2.75, 3.05) is 26.2 Å². The lowest BCUT2D eigenvalue weighted by Crippen LogP contribution is -2.41. The van der Waals surface area contributed by atoms with E-state index in [9.17, 15) is 0 Å². The van der Waals surface area contributed by atoms with E-state index in [4.69, 9.17) is 0 Å². The Morgan fingerprint density at radius 1 is 1.25 bits per heavy atom. The van der Waals surface area contributed by atoms with Gasteiger partial charge in [-0.3, -0.25) is 4.90 Å². The van der Waals surface area contributed by atoms with Crippen LogP contribution in [0.5, 0.6) is 0 Å². The van der Waals surface area contributed by atoms with E-state index in [-0.39, 0.29) is 0 Å². The summed E-state index contributed by atoms with van der Waals surface area (Å²) in [4.78, 5) is 2.74. The summed E-state index contributed by atoms with van der Waals surface area (Å²) in [6.45, 7) is 14.4. The van der Waals surface area contributed by atoms with Crippen LogP contribution in [0.4, 0.5) is 0 Å². The molecule has 1 rings (SSSR count). The molecule has 0 spiro atoms. The van der Waals surface area contributed by atoms with Gasteiger partial charge in [0, 0.05) is 19.1 Å². The summed E-state index contributed by atoms with van der Waals surface area (Å²) in [5, 5.41) is 3.48. The second-order valence-electron chi connectivity index (χ2n) is 5.68. The maximum atomic E-state index is 3.48. The minimum Gasteiger partial charge on any atom is -0.316 e. The lowest BCUT2D eigenvalue weighted by atomic mass is 10.0. The summed E-state index contributed by atoms with van der Waals surface area (Å²) >= 11 is 0. The molecule has 1 fully saturated rings. The predicted octanol–water partition coefficient (Wildman–Crippen LogP) is 2.74. The largest absolute Gasteiger partial charge is 0.316 e. The van der Waals surface area contributed by atoms with Gasteiger partial charge in [-0.25, -0.2) is 0 Å². The molecule has 0 saturated carbocycles. The van der Waals surface area contributed by atoms with Crippen molar-refractivity contribution in [3.05, 3.63) is 0 Å². The van der Waals surface area contributed by atoms with E-state index in [1.807, 2.05) is 0 Å². The molecule has 0 aromatic heterocycles. The maximum Gasteiger partial charge on any atom is 0.00902 e. The molecule has 2 heteroatoms. The molecule has 1 saturated heterocycles. The molecule has 1 atom stereocenters. The van der Waals surface area contributed by atoms with Crippen LogP contribution in [0.1, 0.15) is 47.0 Å². The van der Waals surface area contributed by atoms with Gasteiger partial charge in [-0.05, 0) is 44.2 Å². The fourth-order valence-corrected chi connectivity index (χ4v) is 2.85. The second-order valence-corrected chi connectivity index (χ2v) is 5.68. The average molecular weight is 226 g/mol. The zero-order valence-electron chi connectivity index (χ0n) is 11.6. The highest BCUT2D eigenvalue weighted by Crippen LogP contribution is 2.17. The van der Waals surface area contributed by atoms with Crippen LogP contribution in [-0.4, -0.2) is 37.1 Å². The van der Waals surface area contributed by atoms with Gasteiger partial charge in [-0.15, -0.1) is 0 Å². The smallest absolute Gasteiger partial charge is 0.00902 e. The van der Waals surface area contributed by atoms with E-state index in [0.29, 0.717) is 0 Å². The number of nitrogens with one attached hydrogen (secondary N) is 1. The minimum absolute atomic E-state index is 0.787. The zero-order chi connectivity index (χ0) is 12.0. The fourth-order valence-electron chi connectivity index (χ4n) is 2.85. The van der Waals surface area contributed by atoms with Crippen LogP contribution in [-0.2, 0) is 0 Å². The summed E-state index contributed by atoms with van der Waals surface area (Å²) in [6.07, 6.45) is 3.96. The Hall–Kier alpha value is -0.0800. The van der Waals surface area contributed by atoms with E-state index in [1.165, 1.54) is 45.4 Å². The first-order valence-corrected chi connectivity index (χ1v) is 7.12. The zero-order valence-corrected chi connectivity index (χ0v) is 11.6. The third-order valence-corrected chi connectivity index (χ3v) is 3.71. The van der Waals surface area contributed by atoms with Crippen LogP contribution in [0.3, 0.4) is 0 Å². The van der Waals surface area contributed by atoms with Crippen molar-refractivity contribution >= 4 is 0 Å². The van der Waals surface area contributed by atoms with Crippen molar-refractivity contribution in [2.24, 2.45) is 11.8 Å². The van der Waals surface area contributed by atoms with Crippen molar-refractivity contribution in [2.45, 2.75) is 53.0 Å². The van der Waals surface area contributed by atoms with Crippen molar-refractivity contribution in [3.63, 3.8) is 0 Å². The van der Waals surface area contributed by atoms with Gasteiger partial charge in [0.15, 0.2) is 0 Å². The van der Waals surface area contributed by atoms with Crippen LogP contribution in [0.25, 0.3) is 0 Å².